The number of carboxylic acid groups (broad SMARTS) is 1. The molecule has 10 nitrogen and oxygen atoms in total. The summed E-state index contributed by atoms with van der Waals surface area (Å²) < 4.78 is 5.66. The van der Waals surface area contributed by atoms with Crippen LogP contribution in [0, 0.1) is 0 Å². The first-order chi connectivity index (χ1) is 13.3. The summed E-state index contributed by atoms with van der Waals surface area (Å²) in [5.74, 6) is -1.92. The summed E-state index contributed by atoms with van der Waals surface area (Å²) in [5.41, 5.74) is 0.532. The molecule has 0 aliphatic carbocycles. The topological polar surface area (TPSA) is 152 Å². The molecule has 28 heavy (non-hydrogen) atoms. The van der Waals surface area contributed by atoms with Crippen molar-refractivity contribution in [3.63, 3.8) is 0 Å². The summed E-state index contributed by atoms with van der Waals surface area (Å²) in [6, 6.07) is 2.91. The Bertz CT molecular complexity index is 834. The quantitative estimate of drug-likeness (QED) is 0.471. The minimum atomic E-state index is -1.55. The molecule has 3 rings (SSSR count). The number of carbonyl (C=O) groups is 2. The first-order valence-corrected chi connectivity index (χ1v) is 8.80. The van der Waals surface area contributed by atoms with E-state index in [1.165, 1.54) is 12.1 Å². The Labute approximate surface area is 160 Å². The van der Waals surface area contributed by atoms with Crippen molar-refractivity contribution < 1.29 is 34.6 Å². The predicted molar refractivity (Wildman–Crippen MR) is 97.2 cm³/mol. The maximum atomic E-state index is 12.1. The van der Waals surface area contributed by atoms with Crippen molar-refractivity contribution in [3.8, 4) is 11.5 Å². The molecular formula is C17H20BN3O7. The number of hydrogen-bond donors (Lipinski definition) is 4. The van der Waals surface area contributed by atoms with Crippen LogP contribution in [0.4, 0.5) is 0 Å². The van der Waals surface area contributed by atoms with Crippen LogP contribution >= 0.6 is 0 Å². The standard InChI is InChI=1S/C17H20BN3O7/c22-14(7-11-4-6-19-20-11)21-8-12(9-21)28-13-2-1-10(3-5-18(26)27)16(23)15(13)17(24)25/h1-2,4,12,23,26-27H,3,5-9H2,(H,24,25). The molecule has 2 heterocycles. The van der Waals surface area contributed by atoms with E-state index in [1.54, 1.807) is 11.0 Å². The lowest BCUT2D eigenvalue weighted by Crippen LogP contribution is -2.56. The van der Waals surface area contributed by atoms with E-state index >= 15 is 0 Å². The summed E-state index contributed by atoms with van der Waals surface area (Å²) >= 11 is 0. The molecule has 11 heteroatoms. The zero-order chi connectivity index (χ0) is 20.3. The number of carboxylic acids is 1. The van der Waals surface area contributed by atoms with Gasteiger partial charge in [0.2, 0.25) is 5.91 Å². The first-order valence-electron chi connectivity index (χ1n) is 8.80. The third kappa shape index (κ3) is 4.49. The Kier molecular flexibility index (Phi) is 5.95. The Balaban J connectivity index is 1.61. The molecule has 0 radical (unpaired) electrons. The monoisotopic (exact) mass is 389 g/mol. The highest BCUT2D eigenvalue weighted by molar-refractivity contribution is 6.41. The van der Waals surface area contributed by atoms with Crippen molar-refractivity contribution in [2.24, 2.45) is 10.2 Å². The predicted octanol–water partition coefficient (Wildman–Crippen LogP) is 0.435. The van der Waals surface area contributed by atoms with Crippen LogP contribution in [0.5, 0.6) is 11.5 Å². The van der Waals surface area contributed by atoms with Crippen LogP contribution < -0.4 is 4.74 Å². The molecule has 0 bridgehead atoms. The summed E-state index contributed by atoms with van der Waals surface area (Å²) in [4.78, 5) is 25.3. The molecule has 0 spiro atoms. The van der Waals surface area contributed by atoms with Crippen molar-refractivity contribution in [1.82, 2.24) is 4.90 Å². The van der Waals surface area contributed by atoms with Crippen LogP contribution in [0.2, 0.25) is 6.32 Å². The van der Waals surface area contributed by atoms with Gasteiger partial charge >= 0.3 is 13.1 Å². The minimum Gasteiger partial charge on any atom is -0.507 e. The average molecular weight is 389 g/mol. The fourth-order valence-corrected chi connectivity index (χ4v) is 3.00. The van der Waals surface area contributed by atoms with E-state index in [0.717, 1.165) is 0 Å². The van der Waals surface area contributed by atoms with Crippen LogP contribution in [-0.4, -0.2) is 69.9 Å². The van der Waals surface area contributed by atoms with Gasteiger partial charge in [-0.15, -0.1) is 0 Å². The Hall–Kier alpha value is -2.92. The number of aromatic hydroxyl groups is 1. The number of phenols is 1. The van der Waals surface area contributed by atoms with Gasteiger partial charge in [0.05, 0.1) is 31.8 Å². The van der Waals surface area contributed by atoms with Crippen LogP contribution in [0.15, 0.2) is 34.1 Å². The van der Waals surface area contributed by atoms with E-state index in [1.807, 2.05) is 0 Å². The molecule has 1 fully saturated rings. The van der Waals surface area contributed by atoms with Gasteiger partial charge in [0, 0.05) is 0 Å². The molecule has 0 aromatic heterocycles. The summed E-state index contributed by atoms with van der Waals surface area (Å²) in [6.45, 7) is 1.10. The lowest BCUT2D eigenvalue weighted by atomic mass is 9.82. The third-order valence-corrected chi connectivity index (χ3v) is 4.54. The SMILES string of the molecule is O=C(O)c1c(OC2CN(C(=O)CC3=CCN=N3)C2)ccc(CCB(O)O)c1O. The maximum Gasteiger partial charge on any atom is 0.451 e. The number of hydrogen-bond acceptors (Lipinski definition) is 8. The second-order valence-corrected chi connectivity index (χ2v) is 6.61. The van der Waals surface area contributed by atoms with Crippen molar-refractivity contribution in [2.75, 3.05) is 19.6 Å². The van der Waals surface area contributed by atoms with E-state index in [0.29, 0.717) is 25.3 Å². The number of rotatable bonds is 8. The normalized spacial score (nSPS) is 15.9. The number of likely N-dealkylation sites (tertiary alicyclic amines) is 1. The number of benzene rings is 1. The molecule has 1 saturated heterocycles. The average Bonchev–Trinajstić information content (AvgIpc) is 3.09. The van der Waals surface area contributed by atoms with Gasteiger partial charge in [-0.2, -0.15) is 10.2 Å². The number of azo groups is 1. The van der Waals surface area contributed by atoms with Crippen LogP contribution in [0.25, 0.3) is 0 Å². The second-order valence-electron chi connectivity index (χ2n) is 6.61. The fourth-order valence-electron chi connectivity index (χ4n) is 3.00. The molecule has 1 aromatic carbocycles. The highest BCUT2D eigenvalue weighted by atomic mass is 16.5. The zero-order valence-electron chi connectivity index (χ0n) is 15.0. The van der Waals surface area contributed by atoms with Crippen molar-refractivity contribution in [1.29, 1.82) is 0 Å². The molecule has 2 aliphatic heterocycles. The molecule has 4 N–H and O–H groups in total. The van der Waals surface area contributed by atoms with Gasteiger partial charge in [-0.05, 0) is 30.4 Å². The van der Waals surface area contributed by atoms with Gasteiger partial charge in [-0.1, -0.05) is 6.07 Å². The van der Waals surface area contributed by atoms with E-state index in [9.17, 15) is 19.8 Å². The fraction of sp³-hybridized carbons (Fsp3) is 0.412. The third-order valence-electron chi connectivity index (χ3n) is 4.54. The second kappa shape index (κ2) is 8.40. The van der Waals surface area contributed by atoms with Gasteiger partial charge in [0.15, 0.2) is 0 Å². The smallest absolute Gasteiger partial charge is 0.451 e. The van der Waals surface area contributed by atoms with Crippen LogP contribution in [0.3, 0.4) is 0 Å². The highest BCUT2D eigenvalue weighted by Crippen LogP contribution is 2.34. The molecule has 1 aromatic rings. The van der Waals surface area contributed by atoms with Gasteiger partial charge < -0.3 is 29.9 Å². The van der Waals surface area contributed by atoms with Gasteiger partial charge in [-0.3, -0.25) is 4.79 Å². The minimum absolute atomic E-state index is 0.00250. The van der Waals surface area contributed by atoms with Crippen molar-refractivity contribution in [3.05, 3.63) is 35.0 Å². The molecule has 2 aliphatic rings. The molecule has 148 valence electrons. The highest BCUT2D eigenvalue weighted by Gasteiger charge is 2.34. The largest absolute Gasteiger partial charge is 0.507 e. The molecule has 0 atom stereocenters. The number of amides is 1. The molecule has 0 unspecified atom stereocenters. The molecule has 1 amide bonds. The van der Waals surface area contributed by atoms with E-state index in [4.69, 9.17) is 14.8 Å². The number of nitrogens with zero attached hydrogens (tertiary/aromatic N) is 3. The maximum absolute atomic E-state index is 12.1. The van der Waals surface area contributed by atoms with Crippen molar-refractivity contribution >= 4 is 19.0 Å². The van der Waals surface area contributed by atoms with E-state index in [-0.39, 0.29) is 48.0 Å². The first kappa shape index (κ1) is 19.8. The number of aryl methyl sites for hydroxylation is 1. The van der Waals surface area contributed by atoms with Gasteiger partial charge in [0.1, 0.15) is 23.2 Å². The Morgan fingerprint density at radius 1 is 1.29 bits per heavy atom. The van der Waals surface area contributed by atoms with Crippen LogP contribution in [-0.2, 0) is 11.2 Å². The van der Waals surface area contributed by atoms with E-state index in [2.05, 4.69) is 10.2 Å². The molecular weight excluding hydrogens is 369 g/mol. The number of aromatic carboxylic acids is 1. The number of carbonyl (C=O) groups excluding carboxylic acids is 1. The van der Waals surface area contributed by atoms with Gasteiger partial charge in [0.25, 0.3) is 0 Å². The van der Waals surface area contributed by atoms with Crippen LogP contribution in [0.1, 0.15) is 22.3 Å². The summed E-state index contributed by atoms with van der Waals surface area (Å²) in [6.07, 6.45) is 1.63. The Morgan fingerprint density at radius 3 is 2.64 bits per heavy atom. The molecule has 0 saturated carbocycles. The summed E-state index contributed by atoms with van der Waals surface area (Å²) in [5, 5.41) is 45.2. The van der Waals surface area contributed by atoms with Gasteiger partial charge in [-0.25, -0.2) is 4.79 Å². The number of ether oxygens (including phenoxy) is 1. The van der Waals surface area contributed by atoms with Crippen molar-refractivity contribution in [2.45, 2.75) is 25.3 Å². The Morgan fingerprint density at radius 2 is 2.04 bits per heavy atom. The lowest BCUT2D eigenvalue weighted by Gasteiger charge is -2.39. The lowest BCUT2D eigenvalue weighted by molar-refractivity contribution is -0.139. The van der Waals surface area contributed by atoms with E-state index < -0.39 is 18.8 Å². The summed E-state index contributed by atoms with van der Waals surface area (Å²) in [7, 11) is -1.55. The zero-order valence-corrected chi connectivity index (χ0v) is 15.0.